The molecule has 1 fully saturated rings. The minimum atomic E-state index is -3.31. The monoisotopic (exact) mass is 266 g/mol. The van der Waals surface area contributed by atoms with Crippen LogP contribution in [0.3, 0.4) is 0 Å². The summed E-state index contributed by atoms with van der Waals surface area (Å²) in [7, 11) is -3.31. The largest absolute Gasteiger partial charge is 0.394 e. The van der Waals surface area contributed by atoms with Crippen LogP contribution in [0.25, 0.3) is 0 Å². The van der Waals surface area contributed by atoms with Crippen molar-refractivity contribution in [1.29, 1.82) is 0 Å². The standard InChI is InChI=1S/C10H22N2O4S/c1-2-5-11-17(14,15)12-6-3-10(4-7-12)16-9-8-13/h10-11,13H,2-9H2,1H3. The third-order valence-corrected chi connectivity index (χ3v) is 4.33. The van der Waals surface area contributed by atoms with Crippen molar-refractivity contribution >= 4 is 10.2 Å². The minimum Gasteiger partial charge on any atom is -0.394 e. The quantitative estimate of drug-likeness (QED) is 0.663. The van der Waals surface area contributed by atoms with Gasteiger partial charge in [0.1, 0.15) is 0 Å². The fourth-order valence-electron chi connectivity index (χ4n) is 1.78. The molecule has 0 aromatic carbocycles. The first-order valence-electron chi connectivity index (χ1n) is 6.07. The zero-order valence-electron chi connectivity index (χ0n) is 10.3. The van der Waals surface area contributed by atoms with Crippen LogP contribution < -0.4 is 4.72 Å². The molecule has 1 saturated heterocycles. The van der Waals surface area contributed by atoms with Crippen molar-refractivity contribution in [2.24, 2.45) is 0 Å². The second-order valence-electron chi connectivity index (χ2n) is 4.09. The van der Waals surface area contributed by atoms with Crippen LogP contribution in [0, 0.1) is 0 Å². The van der Waals surface area contributed by atoms with Crippen molar-refractivity contribution in [3.05, 3.63) is 0 Å². The Bertz CT molecular complexity index is 299. The molecule has 1 aliphatic heterocycles. The maximum absolute atomic E-state index is 11.8. The number of nitrogens with one attached hydrogen (secondary N) is 1. The lowest BCUT2D eigenvalue weighted by Crippen LogP contribution is -2.46. The van der Waals surface area contributed by atoms with E-state index in [0.717, 1.165) is 6.42 Å². The Labute approximate surface area is 103 Å². The number of piperidine rings is 1. The van der Waals surface area contributed by atoms with E-state index in [0.29, 0.717) is 39.1 Å². The molecule has 7 heteroatoms. The molecular formula is C10H22N2O4S. The van der Waals surface area contributed by atoms with Crippen molar-refractivity contribution in [2.45, 2.75) is 32.3 Å². The predicted molar refractivity (Wildman–Crippen MR) is 64.8 cm³/mol. The van der Waals surface area contributed by atoms with E-state index in [1.165, 1.54) is 4.31 Å². The lowest BCUT2D eigenvalue weighted by atomic mass is 10.1. The van der Waals surface area contributed by atoms with Gasteiger partial charge in [0.2, 0.25) is 0 Å². The molecule has 0 unspecified atom stereocenters. The van der Waals surface area contributed by atoms with Gasteiger partial charge in [-0.25, -0.2) is 4.72 Å². The summed E-state index contributed by atoms with van der Waals surface area (Å²) in [5.41, 5.74) is 0. The number of ether oxygens (including phenoxy) is 1. The number of nitrogens with zero attached hydrogens (tertiary/aromatic N) is 1. The van der Waals surface area contributed by atoms with Crippen molar-refractivity contribution in [2.75, 3.05) is 32.8 Å². The second kappa shape index (κ2) is 7.27. The Hall–Kier alpha value is -0.210. The first-order valence-corrected chi connectivity index (χ1v) is 7.51. The van der Waals surface area contributed by atoms with Crippen LogP contribution in [-0.2, 0) is 14.9 Å². The molecule has 2 N–H and O–H groups in total. The summed E-state index contributed by atoms with van der Waals surface area (Å²) >= 11 is 0. The molecule has 0 spiro atoms. The highest BCUT2D eigenvalue weighted by molar-refractivity contribution is 7.87. The number of hydrogen-bond acceptors (Lipinski definition) is 4. The summed E-state index contributed by atoms with van der Waals surface area (Å²) in [6, 6.07) is 0. The molecular weight excluding hydrogens is 244 g/mol. The molecule has 1 rings (SSSR count). The zero-order valence-corrected chi connectivity index (χ0v) is 11.1. The molecule has 17 heavy (non-hydrogen) atoms. The molecule has 102 valence electrons. The Kier molecular flexibility index (Phi) is 6.35. The van der Waals surface area contributed by atoms with Crippen LogP contribution in [0.2, 0.25) is 0 Å². The maximum atomic E-state index is 11.8. The smallest absolute Gasteiger partial charge is 0.279 e. The molecule has 1 heterocycles. The fraction of sp³-hybridized carbons (Fsp3) is 1.00. The molecule has 0 radical (unpaired) electrons. The van der Waals surface area contributed by atoms with Crippen molar-refractivity contribution in [3.8, 4) is 0 Å². The highest BCUT2D eigenvalue weighted by atomic mass is 32.2. The van der Waals surface area contributed by atoms with Crippen LogP contribution in [-0.4, -0.2) is 56.8 Å². The maximum Gasteiger partial charge on any atom is 0.279 e. The second-order valence-corrected chi connectivity index (χ2v) is 5.85. The lowest BCUT2D eigenvalue weighted by Gasteiger charge is -2.30. The average Bonchev–Trinajstić information content (AvgIpc) is 2.34. The van der Waals surface area contributed by atoms with Gasteiger partial charge < -0.3 is 9.84 Å². The van der Waals surface area contributed by atoms with Crippen LogP contribution in [0.1, 0.15) is 26.2 Å². The summed E-state index contributed by atoms with van der Waals surface area (Å²) in [5.74, 6) is 0. The SMILES string of the molecule is CCCNS(=O)(=O)N1CCC(OCCO)CC1. The van der Waals surface area contributed by atoms with Gasteiger partial charge in [-0.2, -0.15) is 12.7 Å². The van der Waals surface area contributed by atoms with Gasteiger partial charge in [-0.1, -0.05) is 6.92 Å². The van der Waals surface area contributed by atoms with E-state index in [9.17, 15) is 8.42 Å². The average molecular weight is 266 g/mol. The first-order chi connectivity index (χ1) is 8.10. The van der Waals surface area contributed by atoms with E-state index < -0.39 is 10.2 Å². The normalized spacial score (nSPS) is 19.6. The number of rotatable bonds is 7. The number of hydrogen-bond donors (Lipinski definition) is 2. The van der Waals surface area contributed by atoms with Crippen molar-refractivity contribution < 1.29 is 18.3 Å². The predicted octanol–water partition coefficient (Wildman–Crippen LogP) is -0.296. The van der Waals surface area contributed by atoms with Gasteiger partial charge in [-0.15, -0.1) is 0 Å². The molecule has 0 aliphatic carbocycles. The number of aliphatic hydroxyl groups is 1. The van der Waals surface area contributed by atoms with Gasteiger partial charge in [0.05, 0.1) is 19.3 Å². The van der Waals surface area contributed by atoms with E-state index in [1.54, 1.807) is 0 Å². The third kappa shape index (κ3) is 4.89. The fourth-order valence-corrected chi connectivity index (χ4v) is 3.12. The van der Waals surface area contributed by atoms with Gasteiger partial charge in [0.25, 0.3) is 10.2 Å². The Morgan fingerprint density at radius 3 is 2.59 bits per heavy atom. The Balaban J connectivity index is 2.35. The van der Waals surface area contributed by atoms with E-state index in [-0.39, 0.29) is 12.7 Å². The van der Waals surface area contributed by atoms with Crippen LogP contribution in [0.15, 0.2) is 0 Å². The molecule has 1 aliphatic rings. The summed E-state index contributed by atoms with van der Waals surface area (Å²) in [6.45, 7) is 3.70. The molecule has 6 nitrogen and oxygen atoms in total. The minimum absolute atomic E-state index is 0.0105. The highest BCUT2D eigenvalue weighted by Gasteiger charge is 2.27. The van der Waals surface area contributed by atoms with E-state index in [4.69, 9.17) is 9.84 Å². The van der Waals surface area contributed by atoms with Crippen molar-refractivity contribution in [3.63, 3.8) is 0 Å². The Morgan fingerprint density at radius 2 is 2.06 bits per heavy atom. The topological polar surface area (TPSA) is 78.9 Å². The van der Waals surface area contributed by atoms with Crippen LogP contribution in [0.4, 0.5) is 0 Å². The van der Waals surface area contributed by atoms with E-state index >= 15 is 0 Å². The summed E-state index contributed by atoms with van der Waals surface area (Å²) in [6.07, 6.45) is 2.23. The zero-order chi connectivity index (χ0) is 12.7. The summed E-state index contributed by atoms with van der Waals surface area (Å²) < 4.78 is 33.0. The third-order valence-electron chi connectivity index (χ3n) is 2.72. The van der Waals surface area contributed by atoms with E-state index in [1.807, 2.05) is 6.92 Å². The van der Waals surface area contributed by atoms with Crippen LogP contribution in [0.5, 0.6) is 0 Å². The van der Waals surface area contributed by atoms with E-state index in [2.05, 4.69) is 4.72 Å². The van der Waals surface area contributed by atoms with Gasteiger partial charge in [0, 0.05) is 19.6 Å². The van der Waals surface area contributed by atoms with Gasteiger partial charge in [-0.3, -0.25) is 0 Å². The van der Waals surface area contributed by atoms with Crippen molar-refractivity contribution in [1.82, 2.24) is 9.03 Å². The molecule has 0 aromatic rings. The molecule has 0 bridgehead atoms. The molecule has 0 amide bonds. The molecule has 0 atom stereocenters. The van der Waals surface area contributed by atoms with Crippen LogP contribution >= 0.6 is 0 Å². The van der Waals surface area contributed by atoms with Gasteiger partial charge >= 0.3 is 0 Å². The summed E-state index contributed by atoms with van der Waals surface area (Å²) in [5, 5.41) is 8.63. The van der Waals surface area contributed by atoms with Gasteiger partial charge in [0.15, 0.2) is 0 Å². The lowest BCUT2D eigenvalue weighted by molar-refractivity contribution is 0.00306. The first kappa shape index (κ1) is 14.8. The summed E-state index contributed by atoms with van der Waals surface area (Å²) in [4.78, 5) is 0. The van der Waals surface area contributed by atoms with Gasteiger partial charge in [-0.05, 0) is 19.3 Å². The number of aliphatic hydroxyl groups excluding tert-OH is 1. The highest BCUT2D eigenvalue weighted by Crippen LogP contribution is 2.15. The molecule has 0 saturated carbocycles. The Morgan fingerprint density at radius 1 is 1.41 bits per heavy atom. The molecule has 0 aromatic heterocycles.